The zero-order valence-electron chi connectivity index (χ0n) is 30.2. The largest absolute Gasteiger partial charge is 0.308 e. The van der Waals surface area contributed by atoms with Crippen molar-refractivity contribution in [1.29, 1.82) is 0 Å². The molecule has 10 rings (SSSR count). The molecule has 6 aromatic rings. The van der Waals surface area contributed by atoms with Gasteiger partial charge in [-0.3, -0.25) is 0 Å². The van der Waals surface area contributed by atoms with Crippen molar-refractivity contribution in [3.05, 3.63) is 119 Å². The first-order valence-corrected chi connectivity index (χ1v) is 18.8. The topological polar surface area (TPSA) is 8.81 Å². The van der Waals surface area contributed by atoms with Gasteiger partial charge in [0.25, 0.3) is 0 Å². The van der Waals surface area contributed by atoms with Crippen molar-refractivity contribution >= 4 is 38.3 Å². The van der Waals surface area contributed by atoms with Crippen LogP contribution in [-0.2, 0) is 16.4 Å². The Balaban J connectivity index is 1.29. The smallest absolute Gasteiger partial charge is 0.221 e. The van der Waals surface area contributed by atoms with E-state index in [2.05, 4.69) is 149 Å². The van der Waals surface area contributed by atoms with Crippen LogP contribution in [0.4, 0.5) is 0 Å². The molecule has 3 aliphatic heterocycles. The van der Waals surface area contributed by atoms with E-state index >= 15 is 0 Å². The minimum atomic E-state index is -0.0881. The molecule has 0 bridgehead atoms. The van der Waals surface area contributed by atoms with E-state index in [4.69, 9.17) is 0 Å². The molecule has 2 nitrogen and oxygen atoms in total. The van der Waals surface area contributed by atoms with Crippen LogP contribution < -0.4 is 4.57 Å². The number of benzene rings is 4. The summed E-state index contributed by atoms with van der Waals surface area (Å²) in [6, 6.07) is 31.0. The fourth-order valence-corrected chi connectivity index (χ4v) is 11.3. The zero-order valence-corrected chi connectivity index (χ0v) is 30.2. The first kappa shape index (κ1) is 29.5. The summed E-state index contributed by atoms with van der Waals surface area (Å²) in [5, 5.41) is 5.46. The van der Waals surface area contributed by atoms with Crippen molar-refractivity contribution in [2.24, 2.45) is 0 Å². The summed E-state index contributed by atoms with van der Waals surface area (Å²) in [6.45, 7) is 17.1. The van der Waals surface area contributed by atoms with Crippen LogP contribution in [0.25, 0.3) is 60.7 Å². The summed E-state index contributed by atoms with van der Waals surface area (Å²) >= 11 is 0. The summed E-state index contributed by atoms with van der Waals surface area (Å²) in [4.78, 5) is 0. The molecule has 0 N–H and O–H groups in total. The van der Waals surface area contributed by atoms with Crippen LogP contribution in [0.3, 0.4) is 0 Å². The van der Waals surface area contributed by atoms with Gasteiger partial charge in [0.15, 0.2) is 11.7 Å². The average Bonchev–Trinajstić information content (AvgIpc) is 3.46. The van der Waals surface area contributed by atoms with Crippen LogP contribution in [-0.4, -0.2) is 4.57 Å². The van der Waals surface area contributed by atoms with Gasteiger partial charge < -0.3 is 4.57 Å². The van der Waals surface area contributed by atoms with Gasteiger partial charge in [-0.1, -0.05) is 103 Å². The molecule has 1 atom stereocenters. The molecule has 4 aliphatic rings. The predicted octanol–water partition coefficient (Wildman–Crippen LogP) is 12.1. The first-order valence-electron chi connectivity index (χ1n) is 18.8. The van der Waals surface area contributed by atoms with Gasteiger partial charge >= 0.3 is 0 Å². The van der Waals surface area contributed by atoms with Gasteiger partial charge in [-0.2, -0.15) is 4.57 Å². The van der Waals surface area contributed by atoms with Crippen molar-refractivity contribution < 1.29 is 4.57 Å². The lowest BCUT2D eigenvalue weighted by molar-refractivity contribution is -0.761. The highest BCUT2D eigenvalue weighted by molar-refractivity contribution is 6.17. The van der Waals surface area contributed by atoms with Crippen LogP contribution in [0.2, 0.25) is 0 Å². The van der Waals surface area contributed by atoms with Gasteiger partial charge in [0.2, 0.25) is 5.69 Å². The molecular weight excluding hydrogens is 593 g/mol. The Hall–Kier alpha value is -4.43. The summed E-state index contributed by atoms with van der Waals surface area (Å²) < 4.78 is 5.36. The quantitative estimate of drug-likeness (QED) is 0.170. The minimum absolute atomic E-state index is 0.0173. The predicted molar refractivity (Wildman–Crippen MR) is 206 cm³/mol. The number of fused-ring (bicyclic) bond motifs is 6. The number of hydrogen-bond donors (Lipinski definition) is 0. The Bertz CT molecular complexity index is 2510. The standard InChI is InChI=1S/C47H47N2/c1-8-36-32-22-21-29(25-34(32)41-31-16-12-11-15-28(31)23-24-48(41)47(36,9-2)10-3)30-26-35-33-17-13-18-37-42(33)49-43(35)40(27-30)46(6,7)39-20-14-19-38(44(39)49)45(37,4)5/h11-13,15-18,20-27,36H,8-10,14,19H2,1-7H3/q+1. The summed E-state index contributed by atoms with van der Waals surface area (Å²) in [5.41, 5.74) is 17.3. The maximum Gasteiger partial charge on any atom is 0.221 e. The first-order chi connectivity index (χ1) is 23.7. The molecule has 5 heterocycles. The number of allylic oxidation sites excluding steroid dienone is 4. The van der Waals surface area contributed by atoms with E-state index in [-0.39, 0.29) is 16.4 Å². The fourth-order valence-electron chi connectivity index (χ4n) is 11.3. The van der Waals surface area contributed by atoms with Gasteiger partial charge in [0.05, 0.1) is 27.7 Å². The van der Waals surface area contributed by atoms with Gasteiger partial charge in [-0.25, -0.2) is 0 Å². The highest BCUT2D eigenvalue weighted by Gasteiger charge is 2.51. The highest BCUT2D eigenvalue weighted by Crippen LogP contribution is 2.59. The molecule has 0 fully saturated rings. The van der Waals surface area contributed by atoms with E-state index in [9.17, 15) is 0 Å². The molecular formula is C47H47N2+. The Morgan fingerprint density at radius 1 is 0.735 bits per heavy atom. The molecule has 2 aromatic heterocycles. The zero-order chi connectivity index (χ0) is 33.6. The van der Waals surface area contributed by atoms with E-state index in [0.29, 0.717) is 5.92 Å². The third-order valence-electron chi connectivity index (χ3n) is 13.8. The maximum absolute atomic E-state index is 2.68. The molecule has 0 spiro atoms. The van der Waals surface area contributed by atoms with E-state index in [1.807, 2.05) is 0 Å². The monoisotopic (exact) mass is 639 g/mol. The highest BCUT2D eigenvalue weighted by atomic mass is 15.1. The molecule has 0 saturated carbocycles. The number of rotatable bonds is 4. The van der Waals surface area contributed by atoms with E-state index in [1.54, 1.807) is 5.57 Å². The molecule has 1 aliphatic carbocycles. The number of hydrogen-bond acceptors (Lipinski definition) is 0. The van der Waals surface area contributed by atoms with Gasteiger partial charge in [0, 0.05) is 46.4 Å². The fraction of sp³-hybridized carbons (Fsp3) is 0.340. The van der Waals surface area contributed by atoms with Crippen LogP contribution in [0, 0.1) is 0 Å². The van der Waals surface area contributed by atoms with Crippen LogP contribution in [0.5, 0.6) is 0 Å². The summed E-state index contributed by atoms with van der Waals surface area (Å²) in [7, 11) is 0. The normalized spacial score (nSPS) is 20.6. The Morgan fingerprint density at radius 3 is 2.31 bits per heavy atom. The molecule has 1 unspecified atom stereocenters. The second kappa shape index (κ2) is 9.63. The molecule has 0 radical (unpaired) electrons. The molecule has 4 aromatic carbocycles. The lowest BCUT2D eigenvalue weighted by atomic mass is 9.64. The second-order valence-electron chi connectivity index (χ2n) is 16.4. The third kappa shape index (κ3) is 3.41. The van der Waals surface area contributed by atoms with Crippen molar-refractivity contribution in [2.75, 3.05) is 0 Å². The van der Waals surface area contributed by atoms with Crippen molar-refractivity contribution in [3.8, 4) is 22.4 Å². The van der Waals surface area contributed by atoms with Crippen LogP contribution in [0.15, 0.2) is 102 Å². The molecule has 0 saturated heterocycles. The molecule has 244 valence electrons. The van der Waals surface area contributed by atoms with E-state index in [1.165, 1.54) is 82.9 Å². The Kier molecular flexibility index (Phi) is 5.79. The second-order valence-corrected chi connectivity index (χ2v) is 16.4. The van der Waals surface area contributed by atoms with E-state index in [0.717, 1.165) is 32.1 Å². The van der Waals surface area contributed by atoms with Gasteiger partial charge in [-0.05, 0) is 87.9 Å². The number of pyridine rings is 1. The molecule has 0 amide bonds. The van der Waals surface area contributed by atoms with Crippen LogP contribution in [0.1, 0.15) is 103 Å². The van der Waals surface area contributed by atoms with E-state index < -0.39 is 0 Å². The number of nitrogens with zero attached hydrogens (tertiary/aromatic N) is 2. The maximum atomic E-state index is 2.68. The molecule has 2 heteroatoms. The van der Waals surface area contributed by atoms with Crippen LogP contribution >= 0.6 is 0 Å². The Morgan fingerprint density at radius 2 is 1.51 bits per heavy atom. The van der Waals surface area contributed by atoms with Gasteiger partial charge in [-0.15, -0.1) is 0 Å². The summed E-state index contributed by atoms with van der Waals surface area (Å²) in [6.07, 6.45) is 10.6. The lowest BCUT2D eigenvalue weighted by Gasteiger charge is -2.46. The lowest BCUT2D eigenvalue weighted by Crippen LogP contribution is -2.62. The van der Waals surface area contributed by atoms with Crippen molar-refractivity contribution in [2.45, 2.75) is 103 Å². The SMILES string of the molecule is CCC1c2ccc(-c3cc4c5c(c3)c3cccc6c3n5C3=C(CCC=C3C4(C)C)C6(C)C)cc2-c2c3ccccc3cc[n+]2C1(CC)CC. The summed E-state index contributed by atoms with van der Waals surface area (Å²) in [5.74, 6) is 0.465. The van der Waals surface area contributed by atoms with Crippen molar-refractivity contribution in [3.63, 3.8) is 0 Å². The third-order valence-corrected chi connectivity index (χ3v) is 13.8. The molecule has 49 heavy (non-hydrogen) atoms. The minimum Gasteiger partial charge on any atom is -0.308 e. The number of aromatic nitrogens is 2. The van der Waals surface area contributed by atoms with Gasteiger partial charge in [0.1, 0.15) is 0 Å². The average molecular weight is 640 g/mol. The van der Waals surface area contributed by atoms with Crippen molar-refractivity contribution in [1.82, 2.24) is 4.57 Å². The number of para-hydroxylation sites is 1. The Labute approximate surface area is 290 Å².